The van der Waals surface area contributed by atoms with Gasteiger partial charge >= 0.3 is 12.3 Å². The van der Waals surface area contributed by atoms with Gasteiger partial charge in [-0.1, -0.05) is 32.0 Å². The molecule has 0 bridgehead atoms. The largest absolute Gasteiger partial charge is 0.450 e. The minimum Gasteiger partial charge on any atom is -0.450 e. The molecule has 1 amide bonds. The number of halogens is 3. The highest BCUT2D eigenvalue weighted by atomic mass is 19.4. The Hall–Kier alpha value is -2.45. The molecule has 2 N–H and O–H groups in total. The van der Waals surface area contributed by atoms with Gasteiger partial charge in [0.25, 0.3) is 0 Å². The highest BCUT2D eigenvalue weighted by molar-refractivity contribution is 5.80. The lowest BCUT2D eigenvalue weighted by molar-refractivity contribution is -0.137. The lowest BCUT2D eigenvalue weighted by atomic mass is 9.84. The molecule has 1 heterocycles. The van der Waals surface area contributed by atoms with Crippen molar-refractivity contribution in [1.29, 1.82) is 0 Å². The smallest absolute Gasteiger partial charge is 0.416 e. The van der Waals surface area contributed by atoms with Gasteiger partial charge in [0.1, 0.15) is 0 Å². The van der Waals surface area contributed by atoms with Crippen molar-refractivity contribution < 1.29 is 22.7 Å². The summed E-state index contributed by atoms with van der Waals surface area (Å²) in [6, 6.07) is 5.57. The number of amides is 1. The number of aliphatic imine (C=N–C) groups is 1. The quantitative estimate of drug-likeness (QED) is 0.554. The van der Waals surface area contributed by atoms with Gasteiger partial charge < -0.3 is 20.3 Å². The van der Waals surface area contributed by atoms with E-state index in [2.05, 4.69) is 15.6 Å². The molecule has 168 valence electrons. The average molecular weight is 428 g/mol. The van der Waals surface area contributed by atoms with Crippen LogP contribution in [0.25, 0.3) is 0 Å². The number of likely N-dealkylation sites (tertiary alicyclic amines) is 1. The third-order valence-corrected chi connectivity index (χ3v) is 5.25. The highest BCUT2D eigenvalue weighted by Crippen LogP contribution is 2.32. The van der Waals surface area contributed by atoms with E-state index < -0.39 is 17.2 Å². The summed E-state index contributed by atoms with van der Waals surface area (Å²) in [5.74, 6) is 0.588. The fourth-order valence-corrected chi connectivity index (χ4v) is 3.33. The summed E-state index contributed by atoms with van der Waals surface area (Å²) in [6.45, 7) is 7.53. The number of ether oxygens (including phenoxy) is 1. The number of nitrogens with zero attached hydrogens (tertiary/aromatic N) is 2. The van der Waals surface area contributed by atoms with Gasteiger partial charge in [0.05, 0.1) is 12.2 Å². The Kier molecular flexibility index (Phi) is 7.97. The molecule has 1 saturated heterocycles. The molecule has 1 aliphatic rings. The van der Waals surface area contributed by atoms with Crippen LogP contribution in [0.15, 0.2) is 29.3 Å². The maximum Gasteiger partial charge on any atom is 0.416 e. The predicted octanol–water partition coefficient (Wildman–Crippen LogP) is 3.77. The van der Waals surface area contributed by atoms with Crippen molar-refractivity contribution in [3.63, 3.8) is 0 Å². The van der Waals surface area contributed by atoms with E-state index in [4.69, 9.17) is 4.74 Å². The minimum atomic E-state index is -4.37. The van der Waals surface area contributed by atoms with Crippen molar-refractivity contribution in [3.8, 4) is 0 Å². The van der Waals surface area contributed by atoms with Gasteiger partial charge in [0.15, 0.2) is 5.96 Å². The zero-order chi connectivity index (χ0) is 22.4. The van der Waals surface area contributed by atoms with Crippen molar-refractivity contribution in [3.05, 3.63) is 35.4 Å². The molecule has 0 aromatic heterocycles. The van der Waals surface area contributed by atoms with Gasteiger partial charge in [-0.15, -0.1) is 0 Å². The Morgan fingerprint density at radius 2 is 1.87 bits per heavy atom. The van der Waals surface area contributed by atoms with E-state index in [-0.39, 0.29) is 12.1 Å². The second kappa shape index (κ2) is 10.0. The number of rotatable bonds is 5. The van der Waals surface area contributed by atoms with Crippen LogP contribution in [0.5, 0.6) is 0 Å². The van der Waals surface area contributed by atoms with Crippen molar-refractivity contribution in [2.24, 2.45) is 4.99 Å². The number of benzene rings is 1. The number of guanidine groups is 1. The Labute approximate surface area is 175 Å². The molecule has 1 aliphatic heterocycles. The molecule has 0 aliphatic carbocycles. The maximum absolute atomic E-state index is 13.0. The van der Waals surface area contributed by atoms with Gasteiger partial charge in [-0.05, 0) is 31.4 Å². The number of hydrogen-bond donors (Lipinski definition) is 2. The molecule has 1 fully saturated rings. The molecule has 30 heavy (non-hydrogen) atoms. The van der Waals surface area contributed by atoms with Gasteiger partial charge in [-0.2, -0.15) is 13.2 Å². The molecule has 1 aromatic carbocycles. The third kappa shape index (κ3) is 6.53. The van der Waals surface area contributed by atoms with Crippen LogP contribution in [0, 0.1) is 0 Å². The molecule has 9 heteroatoms. The summed E-state index contributed by atoms with van der Waals surface area (Å²) in [5, 5.41) is 6.56. The Balaban J connectivity index is 1.90. The summed E-state index contributed by atoms with van der Waals surface area (Å²) < 4.78 is 44.1. The van der Waals surface area contributed by atoms with Crippen molar-refractivity contribution in [1.82, 2.24) is 15.5 Å². The average Bonchev–Trinajstić information content (AvgIpc) is 2.71. The lowest BCUT2D eigenvalue weighted by Crippen LogP contribution is -2.51. The Morgan fingerprint density at radius 3 is 2.43 bits per heavy atom. The van der Waals surface area contributed by atoms with Gasteiger partial charge in [-0.25, -0.2) is 4.79 Å². The first-order valence-electron chi connectivity index (χ1n) is 10.1. The monoisotopic (exact) mass is 428 g/mol. The molecule has 0 atom stereocenters. The topological polar surface area (TPSA) is 66.0 Å². The summed E-state index contributed by atoms with van der Waals surface area (Å²) in [6.07, 6.45) is -3.14. The lowest BCUT2D eigenvalue weighted by Gasteiger charge is -2.33. The minimum absolute atomic E-state index is 0.151. The summed E-state index contributed by atoms with van der Waals surface area (Å²) in [4.78, 5) is 17.7. The van der Waals surface area contributed by atoms with E-state index in [9.17, 15) is 18.0 Å². The molecule has 2 rings (SSSR count). The van der Waals surface area contributed by atoms with Crippen LogP contribution >= 0.6 is 0 Å². The summed E-state index contributed by atoms with van der Waals surface area (Å²) in [7, 11) is 1.65. The zero-order valence-corrected chi connectivity index (χ0v) is 18.0. The van der Waals surface area contributed by atoms with Crippen molar-refractivity contribution in [2.75, 3.05) is 33.3 Å². The summed E-state index contributed by atoms with van der Waals surface area (Å²) >= 11 is 0. The van der Waals surface area contributed by atoms with Crippen LogP contribution in [0.4, 0.5) is 18.0 Å². The molecular formula is C21H31F3N4O2. The third-order valence-electron chi connectivity index (χ3n) is 5.25. The second-order valence-electron chi connectivity index (χ2n) is 7.99. The SMILES string of the molecule is CCOC(=O)N1CCC(NC(=NC)NCC(C)(C)c2cccc(C(F)(F)F)c2)CC1. The molecule has 0 saturated carbocycles. The number of nitrogens with one attached hydrogen (secondary N) is 2. The van der Waals surface area contributed by atoms with E-state index in [1.807, 2.05) is 13.8 Å². The number of alkyl halides is 3. The Bertz CT molecular complexity index is 742. The normalized spacial score (nSPS) is 16.4. The van der Waals surface area contributed by atoms with Gasteiger partial charge in [-0.3, -0.25) is 4.99 Å². The first kappa shape index (κ1) is 23.8. The van der Waals surface area contributed by atoms with Gasteiger partial charge in [0.2, 0.25) is 0 Å². The fourth-order valence-electron chi connectivity index (χ4n) is 3.33. The molecule has 0 unspecified atom stereocenters. The van der Waals surface area contributed by atoms with E-state index in [1.54, 1.807) is 24.9 Å². The standard InChI is InChI=1S/C21H31F3N4O2/c1-5-30-19(29)28-11-9-17(10-12-28)27-18(25-4)26-14-20(2,3)15-7-6-8-16(13-15)21(22,23)24/h6-8,13,17H,5,9-12,14H2,1-4H3,(H2,25,26,27). The van der Waals surface area contributed by atoms with Crippen LogP contribution in [0.2, 0.25) is 0 Å². The maximum atomic E-state index is 13.0. The predicted molar refractivity (Wildman–Crippen MR) is 111 cm³/mol. The molecule has 1 aromatic rings. The first-order valence-corrected chi connectivity index (χ1v) is 10.1. The van der Waals surface area contributed by atoms with E-state index in [0.717, 1.165) is 18.9 Å². The number of carbonyl (C=O) groups is 1. The summed E-state index contributed by atoms with van der Waals surface area (Å²) in [5.41, 5.74) is -0.585. The second-order valence-corrected chi connectivity index (χ2v) is 7.99. The number of piperidine rings is 1. The van der Waals surface area contributed by atoms with E-state index in [0.29, 0.717) is 37.8 Å². The fraction of sp³-hybridized carbons (Fsp3) is 0.619. The Morgan fingerprint density at radius 1 is 1.23 bits per heavy atom. The van der Waals surface area contributed by atoms with Crippen LogP contribution < -0.4 is 10.6 Å². The van der Waals surface area contributed by atoms with Crippen molar-refractivity contribution >= 4 is 12.1 Å². The number of carbonyl (C=O) groups excluding carboxylic acids is 1. The number of hydrogen-bond acceptors (Lipinski definition) is 3. The van der Waals surface area contributed by atoms with E-state index >= 15 is 0 Å². The zero-order valence-electron chi connectivity index (χ0n) is 18.0. The van der Waals surface area contributed by atoms with Crippen molar-refractivity contribution in [2.45, 2.75) is 51.2 Å². The molecule has 0 radical (unpaired) electrons. The van der Waals surface area contributed by atoms with Crippen LogP contribution in [0.3, 0.4) is 0 Å². The van der Waals surface area contributed by atoms with Crippen LogP contribution in [0.1, 0.15) is 44.7 Å². The molecule has 6 nitrogen and oxygen atoms in total. The highest BCUT2D eigenvalue weighted by Gasteiger charge is 2.32. The van der Waals surface area contributed by atoms with E-state index in [1.165, 1.54) is 12.1 Å². The molecule has 0 spiro atoms. The first-order chi connectivity index (χ1) is 14.1. The van der Waals surface area contributed by atoms with Crippen LogP contribution in [-0.4, -0.2) is 56.3 Å². The van der Waals surface area contributed by atoms with Gasteiger partial charge in [0, 0.05) is 38.1 Å². The van der Waals surface area contributed by atoms with Crippen LogP contribution in [-0.2, 0) is 16.3 Å². The molecular weight excluding hydrogens is 397 g/mol.